The van der Waals surface area contributed by atoms with Gasteiger partial charge in [-0.15, -0.1) is 0 Å². The second-order valence-corrected chi connectivity index (χ2v) is 27.7. The molecule has 10 rings (SSSR count). The van der Waals surface area contributed by atoms with Gasteiger partial charge in [0, 0.05) is 102 Å². The summed E-state index contributed by atoms with van der Waals surface area (Å²) in [5.74, 6) is -6.24. The van der Waals surface area contributed by atoms with Crippen molar-refractivity contribution in [1.82, 2.24) is 5.32 Å². The highest BCUT2D eigenvalue weighted by atomic mass is 31.2. The number of ketones is 6. The maximum Gasteiger partial charge on any atom is 0.337 e. The second-order valence-electron chi connectivity index (χ2n) is 23.5. The summed E-state index contributed by atoms with van der Waals surface area (Å²) in [4.78, 5) is 88.8. The quantitative estimate of drug-likeness (QED) is 0.0260. The molecule has 2 saturated heterocycles. The highest BCUT2D eigenvalue weighted by Crippen LogP contribution is 2.55. The lowest BCUT2D eigenvalue weighted by Gasteiger charge is -2.43. The molecule has 0 radical (unpaired) electrons. The minimum Gasteiger partial charge on any atom is -0.507 e. The minimum absolute atomic E-state index is 0.00588. The van der Waals surface area contributed by atoms with E-state index in [1.165, 1.54) is 38.1 Å². The predicted molar refractivity (Wildman–Crippen MR) is 329 cm³/mol. The summed E-state index contributed by atoms with van der Waals surface area (Å²) in [6, 6.07) is 10.8. The van der Waals surface area contributed by atoms with Crippen LogP contribution < -0.4 is 11.1 Å². The van der Waals surface area contributed by atoms with Crippen molar-refractivity contribution in [3.8, 4) is 23.0 Å². The number of nitrogens with two attached hydrogens (primary N) is 1. The SMILES string of the molecule is CC(=O)[C@]1(O)Cc2c(O)c3c(c(O)c2[C@@H](O[C@H]2C[C@H](N)[C@H](O)[C@H](C)O2)C1)C(=O)c1ccccc1C3=O.CCOP(=O)(CC=O)OCC.CCOP(=O)(CCN[C@H]1C[C@H](O[C@H]2C[C@](O)(C(C)=O)Cc3c(O)c4c(c(O)c32)C(=O)c2ccccc2C4=O)O[C@@H](C)[C@H]1O)OCC. The zero-order valence-corrected chi connectivity index (χ0v) is 54.4. The van der Waals surface area contributed by atoms with Gasteiger partial charge in [0.1, 0.15) is 46.6 Å². The van der Waals surface area contributed by atoms with E-state index in [9.17, 15) is 83.5 Å². The maximum atomic E-state index is 13.6. The molecule has 0 bridgehead atoms. The third kappa shape index (κ3) is 14.6. The van der Waals surface area contributed by atoms with Gasteiger partial charge in [-0.2, -0.15) is 0 Å². The molecule has 0 spiro atoms. The molecule has 6 aliphatic rings. The Morgan fingerprint density at radius 3 is 1.31 bits per heavy atom. The van der Waals surface area contributed by atoms with Gasteiger partial charge in [0.05, 0.1) is 91.5 Å². The monoisotopic (exact) mass is 1340 g/mol. The first kappa shape index (κ1) is 72.5. The van der Waals surface area contributed by atoms with Gasteiger partial charge in [0.25, 0.3) is 0 Å². The lowest BCUT2D eigenvalue weighted by molar-refractivity contribution is -0.249. The fourth-order valence-electron chi connectivity index (χ4n) is 12.6. The van der Waals surface area contributed by atoms with Crippen LogP contribution in [0, 0.1) is 0 Å². The number of aldehydes is 1. The van der Waals surface area contributed by atoms with E-state index in [2.05, 4.69) is 5.32 Å². The molecular weight excluding hydrogens is 1260 g/mol. The summed E-state index contributed by atoms with van der Waals surface area (Å²) in [6.45, 7) is 13.6. The van der Waals surface area contributed by atoms with Crippen molar-refractivity contribution >= 4 is 56.2 Å². The van der Waals surface area contributed by atoms with E-state index in [1.807, 2.05) is 0 Å². The van der Waals surface area contributed by atoms with E-state index in [4.69, 9.17) is 42.8 Å². The van der Waals surface area contributed by atoms with Crippen LogP contribution in [0.3, 0.4) is 0 Å². The molecule has 27 nitrogen and oxygen atoms in total. The highest BCUT2D eigenvalue weighted by molar-refractivity contribution is 7.54. The summed E-state index contributed by atoms with van der Waals surface area (Å²) in [5, 5.41) is 92.2. The zero-order valence-electron chi connectivity index (χ0n) is 52.7. The van der Waals surface area contributed by atoms with Gasteiger partial charge in [-0.25, -0.2) is 0 Å². The highest BCUT2D eigenvalue weighted by Gasteiger charge is 2.52. The molecule has 0 aromatic heterocycles. The molecule has 2 aliphatic heterocycles. The Morgan fingerprint density at radius 2 is 0.957 bits per heavy atom. The molecule has 506 valence electrons. The third-order valence-electron chi connectivity index (χ3n) is 17.3. The summed E-state index contributed by atoms with van der Waals surface area (Å²) in [6.07, 6.45) is -8.71. The van der Waals surface area contributed by atoms with Crippen molar-refractivity contribution in [3.63, 3.8) is 0 Å². The van der Waals surface area contributed by atoms with Crippen molar-refractivity contribution in [3.05, 3.63) is 115 Å². The van der Waals surface area contributed by atoms with Crippen molar-refractivity contribution in [2.45, 2.75) is 166 Å². The zero-order chi connectivity index (χ0) is 68.4. The van der Waals surface area contributed by atoms with Crippen LogP contribution in [0.1, 0.15) is 179 Å². The van der Waals surface area contributed by atoms with Crippen LogP contribution in [0.5, 0.6) is 23.0 Å². The van der Waals surface area contributed by atoms with Crippen molar-refractivity contribution in [2.75, 3.05) is 45.3 Å². The van der Waals surface area contributed by atoms with Gasteiger partial charge in [-0.1, -0.05) is 48.5 Å². The van der Waals surface area contributed by atoms with Crippen molar-refractivity contribution in [2.24, 2.45) is 5.73 Å². The Bertz CT molecular complexity index is 3640. The number of ether oxygens (including phenoxy) is 4. The number of hydrogen-bond donors (Lipinski definition) is 10. The lowest BCUT2D eigenvalue weighted by Crippen LogP contribution is -2.55. The van der Waals surface area contributed by atoms with E-state index in [0.717, 1.165) is 0 Å². The van der Waals surface area contributed by atoms with Crippen LogP contribution in [0.2, 0.25) is 0 Å². The summed E-state index contributed by atoms with van der Waals surface area (Å²) >= 11 is 0. The third-order valence-corrected chi connectivity index (χ3v) is 21.3. The van der Waals surface area contributed by atoms with Crippen LogP contribution in [0.15, 0.2) is 48.5 Å². The van der Waals surface area contributed by atoms with E-state index in [1.54, 1.807) is 65.8 Å². The smallest absolute Gasteiger partial charge is 0.337 e. The molecule has 93 heavy (non-hydrogen) atoms. The number of carbonyl (C=O) groups is 7. The number of aliphatic hydroxyl groups excluding tert-OH is 2. The average molecular weight is 1340 g/mol. The molecule has 4 aliphatic carbocycles. The van der Waals surface area contributed by atoms with Gasteiger partial charge < -0.3 is 93.7 Å². The number of carbonyl (C=O) groups excluding carboxylic acids is 7. The van der Waals surface area contributed by atoms with E-state index >= 15 is 0 Å². The molecule has 2 heterocycles. The number of aromatic hydroxyl groups is 4. The Balaban J connectivity index is 0.000000210. The Kier molecular flexibility index (Phi) is 22.9. The van der Waals surface area contributed by atoms with Gasteiger partial charge in [-0.05, 0) is 55.4 Å². The van der Waals surface area contributed by atoms with Gasteiger partial charge in [0.2, 0.25) is 0 Å². The summed E-state index contributed by atoms with van der Waals surface area (Å²) in [5.41, 5.74) is 0.544. The van der Waals surface area contributed by atoms with Crippen LogP contribution in [-0.2, 0) is 73.4 Å². The fourth-order valence-corrected chi connectivity index (χ4v) is 15.4. The Morgan fingerprint density at radius 1 is 0.602 bits per heavy atom. The van der Waals surface area contributed by atoms with Gasteiger partial charge in [-0.3, -0.25) is 37.9 Å². The normalized spacial score (nSPS) is 27.2. The maximum absolute atomic E-state index is 13.6. The minimum atomic E-state index is -3.35. The van der Waals surface area contributed by atoms with E-state index in [0.29, 0.717) is 19.5 Å². The Hall–Kier alpha value is -6.33. The largest absolute Gasteiger partial charge is 0.507 e. The number of phenols is 4. The second kappa shape index (κ2) is 29.3. The molecule has 0 saturated carbocycles. The molecule has 4 aromatic carbocycles. The molecule has 11 N–H and O–H groups in total. The first-order chi connectivity index (χ1) is 43.9. The van der Waals surface area contributed by atoms with Gasteiger partial charge >= 0.3 is 15.2 Å². The summed E-state index contributed by atoms with van der Waals surface area (Å²) < 4.78 is 68.5. The van der Waals surface area contributed by atoms with Crippen LogP contribution in [0.4, 0.5) is 0 Å². The first-order valence-corrected chi connectivity index (χ1v) is 34.0. The van der Waals surface area contributed by atoms with Crippen molar-refractivity contribution < 1.29 is 121 Å². The fraction of sp³-hybridized carbons (Fsp3) is 0.516. The van der Waals surface area contributed by atoms with E-state index in [-0.39, 0.29) is 119 Å². The van der Waals surface area contributed by atoms with Gasteiger partial charge in [0.15, 0.2) is 47.3 Å². The summed E-state index contributed by atoms with van der Waals surface area (Å²) in [7, 11) is -6.43. The van der Waals surface area contributed by atoms with E-state index < -0.39 is 164 Å². The number of hydrogen-bond acceptors (Lipinski definition) is 27. The van der Waals surface area contributed by atoms with Crippen LogP contribution in [0.25, 0.3) is 0 Å². The molecule has 29 heteroatoms. The molecule has 0 amide bonds. The number of aliphatic hydroxyl groups is 4. The molecule has 4 aromatic rings. The predicted octanol–water partition coefficient (Wildman–Crippen LogP) is 5.39. The molecule has 12 atom stereocenters. The number of phenolic OH excluding ortho intramolecular Hbond substituents is 4. The van der Waals surface area contributed by atoms with Crippen molar-refractivity contribution in [1.29, 1.82) is 0 Å². The average Bonchev–Trinajstić information content (AvgIpc) is 0.722. The molecule has 2 fully saturated rings. The molecule has 0 unspecified atom stereocenters. The topological polar surface area (TPSA) is 427 Å². The lowest BCUT2D eigenvalue weighted by atomic mass is 9.72. The number of rotatable bonds is 20. The number of benzene rings is 4. The first-order valence-electron chi connectivity index (χ1n) is 30.6. The standard InChI is InChI=1S/C32H40NO12P.C26H27NO9.C6H13O4P/c1-5-42-46(41,43-6-2)12-11-33-21-13-23(44-16(3)27(21)35)45-22-15-32(40,17(4)34)14-20-24(22)31(39)26-25(30(20)38)28(36)18-9-7-8-10-19(18)29(26)37;1-10-21(29)15(27)7-17(35-10)36-16-9-26(34,11(2)28)8-14-18(16)25(33)20-19(24(14)32)22(30)12-5-3-4-6-13(12)23(20)31;1-3-9-11(8,6-5-7)10-4-2/h7-10,16,21-23,27,33,35,38-40H,5-6,11-15H2,1-4H3;3-6,10,15-17,21,29,32-34H,7-9,27H2,1-2H3;5H,3-4,6H2,1-2H3/t16-,21-,22-,23-,27+,32-;10-,15-,16-,17-,21+,26-;/m00./s1. The number of fused-ring (bicyclic) bond motifs is 6. The number of Topliss-reactive ketones (excluding diaryl/α,β-unsaturated/α-hetero) is 2. The molecular formula is C64H80N2O25P2. The Labute approximate surface area is 535 Å². The number of nitrogens with one attached hydrogen (secondary N) is 1. The van der Waals surface area contributed by atoms with Crippen LogP contribution >= 0.6 is 15.2 Å². The van der Waals surface area contributed by atoms with Crippen LogP contribution in [-0.4, -0.2) is 187 Å².